The van der Waals surface area contributed by atoms with E-state index < -0.39 is 0 Å². The van der Waals surface area contributed by atoms with Crippen LogP contribution in [0.3, 0.4) is 0 Å². The fourth-order valence-corrected chi connectivity index (χ4v) is 1.25. The third-order valence-electron chi connectivity index (χ3n) is 2.05. The van der Waals surface area contributed by atoms with Gasteiger partial charge in [0, 0.05) is 20.1 Å². The van der Waals surface area contributed by atoms with Crippen LogP contribution in [0.25, 0.3) is 0 Å². The molecule has 0 atom stereocenters. The maximum Gasteiger partial charge on any atom is 0.324 e. The maximum absolute atomic E-state index is 5.56. The van der Waals surface area contributed by atoms with E-state index in [9.17, 15) is 0 Å². The van der Waals surface area contributed by atoms with Crippen LogP contribution in [0.15, 0.2) is 0 Å². The SMILES string of the molecule is COCCOCCCOc1nc(N)nc(OC(C)C)n1. The summed E-state index contributed by atoms with van der Waals surface area (Å²) in [6.45, 7) is 5.91. The minimum absolute atomic E-state index is 0.0427. The molecule has 1 rings (SSSR count). The third-order valence-corrected chi connectivity index (χ3v) is 2.05. The molecule has 0 fully saturated rings. The third kappa shape index (κ3) is 7.05. The molecule has 0 aliphatic heterocycles. The summed E-state index contributed by atoms with van der Waals surface area (Å²) in [6, 6.07) is 0.323. The van der Waals surface area contributed by atoms with Gasteiger partial charge in [0.25, 0.3) is 0 Å². The molecule has 1 aromatic heterocycles. The lowest BCUT2D eigenvalue weighted by molar-refractivity contribution is 0.0638. The number of anilines is 1. The Labute approximate surface area is 118 Å². The summed E-state index contributed by atoms with van der Waals surface area (Å²) in [5.74, 6) is 0.0713. The van der Waals surface area contributed by atoms with E-state index >= 15 is 0 Å². The van der Waals surface area contributed by atoms with E-state index in [1.54, 1.807) is 7.11 Å². The van der Waals surface area contributed by atoms with Crippen LogP contribution in [-0.2, 0) is 9.47 Å². The van der Waals surface area contributed by atoms with E-state index in [2.05, 4.69) is 15.0 Å². The summed E-state index contributed by atoms with van der Waals surface area (Å²) in [7, 11) is 1.63. The summed E-state index contributed by atoms with van der Waals surface area (Å²) >= 11 is 0. The van der Waals surface area contributed by atoms with Gasteiger partial charge in [0.05, 0.1) is 25.9 Å². The molecule has 0 aliphatic carbocycles. The van der Waals surface area contributed by atoms with Gasteiger partial charge in [0.2, 0.25) is 5.95 Å². The molecule has 8 heteroatoms. The summed E-state index contributed by atoms with van der Waals surface area (Å²) in [6.07, 6.45) is 0.675. The van der Waals surface area contributed by atoms with E-state index in [-0.39, 0.29) is 24.1 Å². The molecule has 0 saturated carbocycles. The first-order valence-corrected chi connectivity index (χ1v) is 6.49. The second-order valence-corrected chi connectivity index (χ2v) is 4.23. The van der Waals surface area contributed by atoms with Crippen molar-refractivity contribution in [3.63, 3.8) is 0 Å². The minimum Gasteiger partial charge on any atom is -0.463 e. The van der Waals surface area contributed by atoms with E-state index in [1.807, 2.05) is 13.8 Å². The van der Waals surface area contributed by atoms with Gasteiger partial charge >= 0.3 is 12.0 Å². The van der Waals surface area contributed by atoms with Gasteiger partial charge in [-0.3, -0.25) is 0 Å². The van der Waals surface area contributed by atoms with Crippen molar-refractivity contribution in [3.05, 3.63) is 0 Å². The Balaban J connectivity index is 2.30. The molecular formula is C12H22N4O4. The van der Waals surface area contributed by atoms with Gasteiger partial charge in [-0.15, -0.1) is 4.98 Å². The van der Waals surface area contributed by atoms with Crippen molar-refractivity contribution in [2.24, 2.45) is 0 Å². The first-order chi connectivity index (χ1) is 9.61. The van der Waals surface area contributed by atoms with Gasteiger partial charge in [0.1, 0.15) is 0 Å². The Hall–Kier alpha value is -1.67. The summed E-state index contributed by atoms with van der Waals surface area (Å²) < 4.78 is 20.9. The van der Waals surface area contributed by atoms with Crippen molar-refractivity contribution in [1.82, 2.24) is 15.0 Å². The van der Waals surface area contributed by atoms with Crippen molar-refractivity contribution >= 4 is 5.95 Å². The highest BCUT2D eigenvalue weighted by Crippen LogP contribution is 2.12. The molecule has 0 radical (unpaired) electrons. The minimum atomic E-state index is -0.0427. The van der Waals surface area contributed by atoms with E-state index in [1.165, 1.54) is 0 Å². The molecule has 0 aliphatic rings. The molecule has 0 aromatic carbocycles. The van der Waals surface area contributed by atoms with Gasteiger partial charge in [-0.05, 0) is 13.8 Å². The standard InChI is InChI=1S/C12H22N4O4/c1-9(2)20-12-15-10(13)14-11(16-12)19-6-4-5-18-8-7-17-3/h9H,4-8H2,1-3H3,(H2,13,14,15,16). The lowest BCUT2D eigenvalue weighted by Gasteiger charge is -2.09. The predicted molar refractivity (Wildman–Crippen MR) is 72.8 cm³/mol. The van der Waals surface area contributed by atoms with Crippen LogP contribution < -0.4 is 15.2 Å². The Bertz CT molecular complexity index is 390. The van der Waals surface area contributed by atoms with Crippen LogP contribution >= 0.6 is 0 Å². The second-order valence-electron chi connectivity index (χ2n) is 4.23. The quantitative estimate of drug-likeness (QED) is 0.626. The molecule has 114 valence electrons. The number of rotatable bonds is 10. The van der Waals surface area contributed by atoms with Crippen LogP contribution in [0.4, 0.5) is 5.95 Å². The first kappa shape index (κ1) is 16.4. The van der Waals surface area contributed by atoms with Crippen LogP contribution in [0.5, 0.6) is 12.0 Å². The first-order valence-electron chi connectivity index (χ1n) is 6.49. The highest BCUT2D eigenvalue weighted by molar-refractivity contribution is 5.20. The Morgan fingerprint density at radius 2 is 1.75 bits per heavy atom. The molecule has 8 nitrogen and oxygen atoms in total. The van der Waals surface area contributed by atoms with Crippen molar-refractivity contribution in [1.29, 1.82) is 0 Å². The summed E-state index contributed by atoms with van der Waals surface area (Å²) in [4.78, 5) is 11.8. The second kappa shape index (κ2) is 9.27. The van der Waals surface area contributed by atoms with Gasteiger partial charge in [-0.2, -0.15) is 9.97 Å². The van der Waals surface area contributed by atoms with Crippen LogP contribution in [0.1, 0.15) is 20.3 Å². The highest BCUT2D eigenvalue weighted by atomic mass is 16.5. The molecule has 0 unspecified atom stereocenters. The maximum atomic E-state index is 5.56. The average molecular weight is 286 g/mol. The fourth-order valence-electron chi connectivity index (χ4n) is 1.25. The molecule has 0 spiro atoms. The molecule has 0 bridgehead atoms. The molecule has 20 heavy (non-hydrogen) atoms. The number of hydrogen-bond acceptors (Lipinski definition) is 8. The Morgan fingerprint density at radius 1 is 1.00 bits per heavy atom. The summed E-state index contributed by atoms with van der Waals surface area (Å²) in [5, 5.41) is 0. The lowest BCUT2D eigenvalue weighted by atomic mass is 10.5. The van der Waals surface area contributed by atoms with Gasteiger partial charge < -0.3 is 24.7 Å². The Morgan fingerprint density at radius 3 is 2.45 bits per heavy atom. The van der Waals surface area contributed by atoms with Gasteiger partial charge in [-0.1, -0.05) is 0 Å². The van der Waals surface area contributed by atoms with Crippen LogP contribution in [0, 0.1) is 0 Å². The molecule has 0 amide bonds. The normalized spacial score (nSPS) is 10.8. The van der Waals surface area contributed by atoms with Gasteiger partial charge in [-0.25, -0.2) is 0 Å². The highest BCUT2D eigenvalue weighted by Gasteiger charge is 2.08. The van der Waals surface area contributed by atoms with Crippen molar-refractivity contribution in [2.45, 2.75) is 26.4 Å². The molecule has 0 saturated heterocycles. The number of nitrogen functional groups attached to an aromatic ring is 1. The average Bonchev–Trinajstić information content (AvgIpc) is 2.36. The molecule has 1 aromatic rings. The number of hydrogen-bond donors (Lipinski definition) is 1. The predicted octanol–water partition coefficient (Wildman–Crippen LogP) is 0.673. The van der Waals surface area contributed by atoms with Gasteiger partial charge in [0.15, 0.2) is 0 Å². The number of nitrogens with zero attached hydrogens (tertiary/aromatic N) is 3. The van der Waals surface area contributed by atoms with E-state index in [0.29, 0.717) is 26.4 Å². The Kier molecular flexibility index (Phi) is 7.59. The number of ether oxygens (including phenoxy) is 4. The molecule has 2 N–H and O–H groups in total. The van der Waals surface area contributed by atoms with Crippen molar-refractivity contribution < 1.29 is 18.9 Å². The zero-order chi connectivity index (χ0) is 14.8. The zero-order valence-corrected chi connectivity index (χ0v) is 12.2. The van der Waals surface area contributed by atoms with Crippen molar-refractivity contribution in [2.75, 3.05) is 39.3 Å². The smallest absolute Gasteiger partial charge is 0.324 e. The van der Waals surface area contributed by atoms with E-state index in [4.69, 9.17) is 24.7 Å². The lowest BCUT2D eigenvalue weighted by Crippen LogP contribution is -2.12. The zero-order valence-electron chi connectivity index (χ0n) is 12.2. The number of methoxy groups -OCH3 is 1. The topological polar surface area (TPSA) is 102 Å². The van der Waals surface area contributed by atoms with E-state index in [0.717, 1.165) is 6.42 Å². The molecule has 1 heterocycles. The largest absolute Gasteiger partial charge is 0.463 e. The number of nitrogens with two attached hydrogens (primary N) is 1. The monoisotopic (exact) mass is 286 g/mol. The fraction of sp³-hybridized carbons (Fsp3) is 0.750. The van der Waals surface area contributed by atoms with Crippen LogP contribution in [-0.4, -0.2) is 54.6 Å². The van der Waals surface area contributed by atoms with Crippen molar-refractivity contribution in [3.8, 4) is 12.0 Å². The number of aromatic nitrogens is 3. The molecular weight excluding hydrogens is 264 g/mol. The van der Waals surface area contributed by atoms with Crippen LogP contribution in [0.2, 0.25) is 0 Å². The summed E-state index contributed by atoms with van der Waals surface area (Å²) in [5.41, 5.74) is 5.56.